The molecular formula is C17H29IN4O4. The van der Waals surface area contributed by atoms with Crippen LogP contribution in [0.15, 0.2) is 12.4 Å². The van der Waals surface area contributed by atoms with Gasteiger partial charge < -0.3 is 25.8 Å². The summed E-state index contributed by atoms with van der Waals surface area (Å²) < 4.78 is 8.70. The minimum atomic E-state index is -1.50. The molecule has 2 aromatic rings. The van der Waals surface area contributed by atoms with Crippen molar-refractivity contribution in [2.45, 2.75) is 59.0 Å². The maximum Gasteiger partial charge on any atom is 0.156 e. The van der Waals surface area contributed by atoms with E-state index < -0.39 is 5.79 Å². The standard InChI is InChI=1S/C12H15IN4O2.C3H8O2.C2H6/c1-6-2-7(4-18)19-11(6)9-3-8(13)10-12(14)15-5-16-17(9)10;1-3(2,4)5;1-2/h3,5-7,11,18H,2,4H2,1H3,(H2,14,15,16);4-5H,1-2H3;1-2H3. The van der Waals surface area contributed by atoms with Gasteiger partial charge in [-0.05, 0) is 54.8 Å². The van der Waals surface area contributed by atoms with Gasteiger partial charge in [0.05, 0.1) is 18.4 Å². The van der Waals surface area contributed by atoms with E-state index in [1.807, 2.05) is 19.9 Å². The molecule has 0 spiro atoms. The molecule has 3 atom stereocenters. The number of anilines is 1. The average molecular weight is 480 g/mol. The molecule has 148 valence electrons. The van der Waals surface area contributed by atoms with Gasteiger partial charge in [0.1, 0.15) is 17.9 Å². The number of hydrogen-bond acceptors (Lipinski definition) is 7. The number of nitrogens with zero attached hydrogens (tertiary/aromatic N) is 3. The zero-order valence-electron chi connectivity index (χ0n) is 15.8. The van der Waals surface area contributed by atoms with Crippen LogP contribution in [0.4, 0.5) is 5.82 Å². The summed E-state index contributed by atoms with van der Waals surface area (Å²) in [6.45, 7) is 8.77. The zero-order valence-corrected chi connectivity index (χ0v) is 18.0. The van der Waals surface area contributed by atoms with Gasteiger partial charge in [0.15, 0.2) is 11.6 Å². The zero-order chi connectivity index (χ0) is 20.1. The molecule has 1 aliphatic rings. The summed E-state index contributed by atoms with van der Waals surface area (Å²) in [5, 5.41) is 29.7. The van der Waals surface area contributed by atoms with Crippen LogP contribution in [0, 0.1) is 9.49 Å². The quantitative estimate of drug-likeness (QED) is 0.383. The summed E-state index contributed by atoms with van der Waals surface area (Å²) in [5.74, 6) is -0.697. The van der Waals surface area contributed by atoms with E-state index in [4.69, 9.17) is 20.7 Å². The smallest absolute Gasteiger partial charge is 0.156 e. The van der Waals surface area contributed by atoms with E-state index in [9.17, 15) is 5.11 Å². The lowest BCUT2D eigenvalue weighted by molar-refractivity contribution is -0.127. The predicted molar refractivity (Wildman–Crippen MR) is 108 cm³/mol. The minimum absolute atomic E-state index is 0.0539. The fraction of sp³-hybridized carbons (Fsp3) is 0.647. The average Bonchev–Trinajstić information content (AvgIpc) is 3.09. The van der Waals surface area contributed by atoms with E-state index in [0.29, 0.717) is 11.7 Å². The number of aromatic nitrogens is 3. The highest BCUT2D eigenvalue weighted by atomic mass is 127. The highest BCUT2D eigenvalue weighted by Crippen LogP contribution is 2.39. The first-order valence-electron chi connectivity index (χ1n) is 8.60. The van der Waals surface area contributed by atoms with E-state index in [-0.39, 0.29) is 18.8 Å². The van der Waals surface area contributed by atoms with Gasteiger partial charge >= 0.3 is 0 Å². The Hall–Kier alpha value is -1.01. The van der Waals surface area contributed by atoms with Gasteiger partial charge in [-0.3, -0.25) is 0 Å². The second-order valence-electron chi connectivity index (χ2n) is 6.39. The van der Waals surface area contributed by atoms with Gasteiger partial charge in [-0.1, -0.05) is 20.8 Å². The number of fused-ring (bicyclic) bond motifs is 1. The summed E-state index contributed by atoms with van der Waals surface area (Å²) in [7, 11) is 0. The van der Waals surface area contributed by atoms with Crippen LogP contribution in [0.2, 0.25) is 0 Å². The molecule has 0 saturated carbocycles. The van der Waals surface area contributed by atoms with E-state index in [0.717, 1.165) is 21.2 Å². The molecule has 0 amide bonds. The summed E-state index contributed by atoms with van der Waals surface area (Å²) in [5.41, 5.74) is 7.69. The first-order valence-corrected chi connectivity index (χ1v) is 9.68. The van der Waals surface area contributed by atoms with Crippen molar-refractivity contribution in [1.82, 2.24) is 14.6 Å². The van der Waals surface area contributed by atoms with Crippen LogP contribution < -0.4 is 5.73 Å². The van der Waals surface area contributed by atoms with E-state index >= 15 is 0 Å². The Labute approximate surface area is 167 Å². The normalized spacial score (nSPS) is 22.4. The highest BCUT2D eigenvalue weighted by Gasteiger charge is 2.35. The Kier molecular flexibility index (Phi) is 8.67. The number of rotatable bonds is 2. The van der Waals surface area contributed by atoms with E-state index in [1.165, 1.54) is 20.2 Å². The molecule has 5 N–H and O–H groups in total. The first kappa shape index (κ1) is 23.0. The van der Waals surface area contributed by atoms with Crippen LogP contribution in [0.25, 0.3) is 5.52 Å². The molecule has 0 bridgehead atoms. The van der Waals surface area contributed by atoms with Gasteiger partial charge in [-0.15, -0.1) is 0 Å². The number of hydrogen-bond donors (Lipinski definition) is 4. The van der Waals surface area contributed by atoms with E-state index in [2.05, 4.69) is 39.6 Å². The predicted octanol–water partition coefficient (Wildman–Crippen LogP) is 2.11. The van der Waals surface area contributed by atoms with Crippen molar-refractivity contribution in [2.24, 2.45) is 5.92 Å². The number of nitrogens with two attached hydrogens (primary N) is 1. The van der Waals surface area contributed by atoms with Gasteiger partial charge in [0, 0.05) is 3.57 Å². The Morgan fingerprint density at radius 2 is 1.96 bits per heavy atom. The second-order valence-corrected chi connectivity index (χ2v) is 7.55. The maximum absolute atomic E-state index is 9.23. The fourth-order valence-corrected chi connectivity index (χ4v) is 3.49. The molecule has 3 rings (SSSR count). The van der Waals surface area contributed by atoms with Crippen LogP contribution in [0.3, 0.4) is 0 Å². The Bertz CT molecular complexity index is 696. The van der Waals surface area contributed by atoms with Crippen molar-refractivity contribution in [2.75, 3.05) is 12.3 Å². The molecule has 0 radical (unpaired) electrons. The van der Waals surface area contributed by atoms with Crippen molar-refractivity contribution < 1.29 is 20.1 Å². The number of aliphatic hydroxyl groups is 3. The Balaban J connectivity index is 0.000000420. The summed E-state index contributed by atoms with van der Waals surface area (Å²) in [6, 6.07) is 2.03. The Morgan fingerprint density at radius 3 is 2.46 bits per heavy atom. The SMILES string of the molecule is CC.CC(C)(O)O.CC1CC(CO)OC1c1cc(I)c2c(N)ncnn12. The lowest BCUT2D eigenvalue weighted by Crippen LogP contribution is -2.15. The molecule has 26 heavy (non-hydrogen) atoms. The molecule has 1 fully saturated rings. The third-order valence-electron chi connectivity index (χ3n) is 3.55. The lowest BCUT2D eigenvalue weighted by Gasteiger charge is -2.14. The van der Waals surface area contributed by atoms with Crippen LogP contribution in [-0.2, 0) is 4.74 Å². The number of halogens is 1. The summed E-state index contributed by atoms with van der Waals surface area (Å²) in [6.07, 6.45) is 2.14. The lowest BCUT2D eigenvalue weighted by atomic mass is 10.00. The molecule has 3 heterocycles. The number of nitrogen functional groups attached to an aromatic ring is 1. The third kappa shape index (κ3) is 6.02. The first-order chi connectivity index (χ1) is 12.1. The maximum atomic E-state index is 9.23. The van der Waals surface area contributed by atoms with Crippen LogP contribution in [0.5, 0.6) is 0 Å². The number of ether oxygens (including phenoxy) is 1. The minimum Gasteiger partial charge on any atom is -0.394 e. The monoisotopic (exact) mass is 480 g/mol. The van der Waals surface area contributed by atoms with Crippen molar-refractivity contribution in [3.8, 4) is 0 Å². The molecule has 1 saturated heterocycles. The third-order valence-corrected chi connectivity index (χ3v) is 4.37. The van der Waals surface area contributed by atoms with Crippen LogP contribution >= 0.6 is 22.6 Å². The van der Waals surface area contributed by atoms with Gasteiger partial charge in [-0.25, -0.2) is 9.50 Å². The molecule has 3 unspecified atom stereocenters. The van der Waals surface area contributed by atoms with Crippen molar-refractivity contribution in [3.63, 3.8) is 0 Å². The van der Waals surface area contributed by atoms with E-state index in [1.54, 1.807) is 4.52 Å². The largest absolute Gasteiger partial charge is 0.394 e. The van der Waals surface area contributed by atoms with Crippen LogP contribution in [0.1, 0.15) is 52.8 Å². The van der Waals surface area contributed by atoms with Crippen molar-refractivity contribution in [1.29, 1.82) is 0 Å². The fourth-order valence-electron chi connectivity index (χ4n) is 2.66. The molecule has 0 aliphatic carbocycles. The Morgan fingerprint density at radius 1 is 1.38 bits per heavy atom. The van der Waals surface area contributed by atoms with Gasteiger partial charge in [-0.2, -0.15) is 5.10 Å². The topological polar surface area (TPSA) is 126 Å². The number of aliphatic hydroxyl groups excluding tert-OH is 1. The second kappa shape index (κ2) is 9.79. The molecule has 8 nitrogen and oxygen atoms in total. The van der Waals surface area contributed by atoms with Gasteiger partial charge in [0.25, 0.3) is 0 Å². The van der Waals surface area contributed by atoms with Crippen molar-refractivity contribution >= 4 is 33.9 Å². The molecule has 0 aromatic carbocycles. The van der Waals surface area contributed by atoms with Gasteiger partial charge in [0.2, 0.25) is 0 Å². The molecule has 2 aromatic heterocycles. The summed E-state index contributed by atoms with van der Waals surface area (Å²) >= 11 is 2.23. The summed E-state index contributed by atoms with van der Waals surface area (Å²) in [4.78, 5) is 4.02. The molecular weight excluding hydrogens is 451 g/mol. The highest BCUT2D eigenvalue weighted by molar-refractivity contribution is 14.1. The molecule has 1 aliphatic heterocycles. The van der Waals surface area contributed by atoms with Crippen LogP contribution in [-0.4, -0.2) is 48.4 Å². The molecule has 9 heteroatoms. The van der Waals surface area contributed by atoms with Crippen molar-refractivity contribution in [3.05, 3.63) is 21.7 Å².